The van der Waals surface area contributed by atoms with Gasteiger partial charge in [-0.15, -0.1) is 11.8 Å². The SMILES string of the molecule is Cc1ccc(C(=O)O)cc1NC(=O)CSc1cccc(NC(=O)/C=C/C(=O)O)c1. The summed E-state index contributed by atoms with van der Waals surface area (Å²) in [6, 6.07) is 11.2. The van der Waals surface area contributed by atoms with E-state index in [-0.39, 0.29) is 17.2 Å². The van der Waals surface area contributed by atoms with Crippen LogP contribution in [-0.2, 0) is 14.4 Å². The van der Waals surface area contributed by atoms with Gasteiger partial charge in [-0.2, -0.15) is 0 Å². The maximum Gasteiger partial charge on any atom is 0.335 e. The molecule has 0 radical (unpaired) electrons. The van der Waals surface area contributed by atoms with Gasteiger partial charge in [0.1, 0.15) is 0 Å². The lowest BCUT2D eigenvalue weighted by atomic mass is 10.1. The Hall–Kier alpha value is -3.59. The molecule has 29 heavy (non-hydrogen) atoms. The van der Waals surface area contributed by atoms with Crippen molar-refractivity contribution >= 4 is 46.9 Å². The molecule has 2 aromatic carbocycles. The topological polar surface area (TPSA) is 133 Å². The average Bonchev–Trinajstić information content (AvgIpc) is 2.66. The summed E-state index contributed by atoms with van der Waals surface area (Å²) < 4.78 is 0. The molecule has 0 fully saturated rings. The number of amides is 2. The number of rotatable bonds is 8. The molecule has 150 valence electrons. The number of thioether (sulfide) groups is 1. The van der Waals surface area contributed by atoms with Crippen molar-refractivity contribution in [1.82, 2.24) is 0 Å². The predicted molar refractivity (Wildman–Crippen MR) is 109 cm³/mol. The molecule has 4 N–H and O–H groups in total. The molecule has 8 nitrogen and oxygen atoms in total. The number of carboxylic acids is 2. The van der Waals surface area contributed by atoms with Crippen LogP contribution in [0.15, 0.2) is 59.5 Å². The van der Waals surface area contributed by atoms with E-state index in [2.05, 4.69) is 10.6 Å². The first-order valence-electron chi connectivity index (χ1n) is 8.33. The van der Waals surface area contributed by atoms with Crippen LogP contribution in [0.1, 0.15) is 15.9 Å². The van der Waals surface area contributed by atoms with Gasteiger partial charge < -0.3 is 20.8 Å². The fourth-order valence-corrected chi connectivity index (χ4v) is 2.97. The minimum atomic E-state index is -1.22. The maximum atomic E-state index is 12.2. The molecular formula is C20H18N2O6S. The summed E-state index contributed by atoms with van der Waals surface area (Å²) in [5.74, 6) is -3.11. The van der Waals surface area contributed by atoms with Crippen LogP contribution in [0.5, 0.6) is 0 Å². The number of anilines is 2. The Labute approximate surface area is 170 Å². The van der Waals surface area contributed by atoms with Gasteiger partial charge >= 0.3 is 11.9 Å². The van der Waals surface area contributed by atoms with E-state index in [1.807, 2.05) is 0 Å². The van der Waals surface area contributed by atoms with Crippen molar-refractivity contribution in [3.63, 3.8) is 0 Å². The first-order valence-corrected chi connectivity index (χ1v) is 9.32. The summed E-state index contributed by atoms with van der Waals surface area (Å²) >= 11 is 1.23. The van der Waals surface area contributed by atoms with Gasteiger partial charge in [-0.25, -0.2) is 9.59 Å². The van der Waals surface area contributed by atoms with E-state index in [0.29, 0.717) is 11.4 Å². The van der Waals surface area contributed by atoms with Gasteiger partial charge in [0.2, 0.25) is 11.8 Å². The minimum absolute atomic E-state index is 0.0764. The van der Waals surface area contributed by atoms with Crippen molar-refractivity contribution in [2.45, 2.75) is 11.8 Å². The van der Waals surface area contributed by atoms with Crippen molar-refractivity contribution in [2.24, 2.45) is 0 Å². The van der Waals surface area contributed by atoms with E-state index in [4.69, 9.17) is 10.2 Å². The first-order chi connectivity index (χ1) is 13.7. The number of aliphatic carboxylic acids is 1. The van der Waals surface area contributed by atoms with Crippen LogP contribution in [-0.4, -0.2) is 39.7 Å². The summed E-state index contributed by atoms with van der Waals surface area (Å²) in [4.78, 5) is 46.1. The molecule has 0 atom stereocenters. The quantitative estimate of drug-likeness (QED) is 0.385. The Morgan fingerprint density at radius 2 is 1.76 bits per heavy atom. The van der Waals surface area contributed by atoms with E-state index in [9.17, 15) is 19.2 Å². The van der Waals surface area contributed by atoms with Gasteiger partial charge in [0.05, 0.1) is 11.3 Å². The van der Waals surface area contributed by atoms with E-state index >= 15 is 0 Å². The summed E-state index contributed by atoms with van der Waals surface area (Å²) in [6.45, 7) is 1.76. The second kappa shape index (κ2) is 10.1. The predicted octanol–water partition coefficient (Wildman–Crippen LogP) is 3.00. The van der Waals surface area contributed by atoms with Gasteiger partial charge in [0, 0.05) is 28.4 Å². The minimum Gasteiger partial charge on any atom is -0.478 e. The fraction of sp³-hybridized carbons (Fsp3) is 0.100. The maximum absolute atomic E-state index is 12.2. The zero-order valence-electron chi connectivity index (χ0n) is 15.3. The van der Waals surface area contributed by atoms with Crippen molar-refractivity contribution in [2.75, 3.05) is 16.4 Å². The van der Waals surface area contributed by atoms with Crippen molar-refractivity contribution in [1.29, 1.82) is 0 Å². The molecule has 0 spiro atoms. The Kier molecular flexibility index (Phi) is 7.55. The number of carboxylic acid groups (broad SMARTS) is 2. The summed E-state index contributed by atoms with van der Waals surface area (Å²) in [6.07, 6.45) is 1.64. The van der Waals surface area contributed by atoms with Crippen molar-refractivity contribution in [3.8, 4) is 0 Å². The molecule has 0 unspecified atom stereocenters. The smallest absolute Gasteiger partial charge is 0.335 e. The van der Waals surface area contributed by atoms with E-state index in [1.54, 1.807) is 37.3 Å². The number of hydrogen-bond acceptors (Lipinski definition) is 5. The number of aromatic carboxylic acids is 1. The summed E-state index contributed by atoms with van der Waals surface area (Å²) in [5.41, 5.74) is 1.72. The second-order valence-corrected chi connectivity index (χ2v) is 6.91. The van der Waals surface area contributed by atoms with Gasteiger partial charge in [0.15, 0.2) is 0 Å². The molecule has 2 rings (SSSR count). The van der Waals surface area contributed by atoms with Crippen molar-refractivity contribution < 1.29 is 29.4 Å². The zero-order chi connectivity index (χ0) is 21.4. The van der Waals surface area contributed by atoms with Crippen LogP contribution in [0.3, 0.4) is 0 Å². The number of benzene rings is 2. The van der Waals surface area contributed by atoms with Gasteiger partial charge in [0.25, 0.3) is 0 Å². The zero-order valence-corrected chi connectivity index (χ0v) is 16.2. The largest absolute Gasteiger partial charge is 0.478 e. The fourth-order valence-electron chi connectivity index (χ4n) is 2.22. The van der Waals surface area contributed by atoms with E-state index in [0.717, 1.165) is 22.6 Å². The van der Waals surface area contributed by atoms with Crippen LogP contribution in [0.2, 0.25) is 0 Å². The van der Waals surface area contributed by atoms with Gasteiger partial charge in [-0.3, -0.25) is 9.59 Å². The molecule has 0 saturated carbocycles. The third kappa shape index (κ3) is 7.15. The summed E-state index contributed by atoms with van der Waals surface area (Å²) in [5, 5.41) is 22.8. The molecule has 0 aliphatic heterocycles. The molecule has 0 aromatic heterocycles. The van der Waals surface area contributed by atoms with Crippen LogP contribution < -0.4 is 10.6 Å². The Bertz CT molecular complexity index is 987. The Morgan fingerprint density at radius 1 is 1.00 bits per heavy atom. The molecule has 2 aromatic rings. The van der Waals surface area contributed by atoms with Crippen LogP contribution in [0.25, 0.3) is 0 Å². The molecule has 9 heteroatoms. The van der Waals surface area contributed by atoms with E-state index in [1.165, 1.54) is 23.9 Å². The number of carbonyl (C=O) groups excluding carboxylic acids is 2. The second-order valence-electron chi connectivity index (χ2n) is 5.86. The standard InChI is InChI=1S/C20H18N2O6S/c1-12-5-6-13(20(27)28)9-16(12)22-18(24)11-29-15-4-2-3-14(10-15)21-17(23)7-8-19(25)26/h2-10H,11H2,1H3,(H,21,23)(H,22,24)(H,25,26)(H,27,28)/b8-7+. The molecular weight excluding hydrogens is 396 g/mol. The van der Waals surface area contributed by atoms with E-state index < -0.39 is 17.8 Å². The highest BCUT2D eigenvalue weighted by molar-refractivity contribution is 8.00. The number of nitrogens with one attached hydrogen (secondary N) is 2. The Balaban J connectivity index is 1.95. The van der Waals surface area contributed by atoms with Gasteiger partial charge in [-0.1, -0.05) is 12.1 Å². The van der Waals surface area contributed by atoms with Crippen LogP contribution in [0, 0.1) is 6.92 Å². The number of hydrogen-bond donors (Lipinski definition) is 4. The monoisotopic (exact) mass is 414 g/mol. The highest BCUT2D eigenvalue weighted by Gasteiger charge is 2.10. The highest BCUT2D eigenvalue weighted by atomic mass is 32.2. The van der Waals surface area contributed by atoms with Gasteiger partial charge in [-0.05, 0) is 42.8 Å². The lowest BCUT2D eigenvalue weighted by Gasteiger charge is -2.10. The molecule has 0 aliphatic carbocycles. The molecule has 0 bridgehead atoms. The highest BCUT2D eigenvalue weighted by Crippen LogP contribution is 2.23. The third-order valence-electron chi connectivity index (χ3n) is 3.61. The average molecular weight is 414 g/mol. The number of carbonyl (C=O) groups is 4. The lowest BCUT2D eigenvalue weighted by Crippen LogP contribution is -2.15. The first kappa shape index (κ1) is 21.7. The lowest BCUT2D eigenvalue weighted by molar-refractivity contribution is -0.131. The molecule has 0 saturated heterocycles. The molecule has 0 aliphatic rings. The normalized spacial score (nSPS) is 10.5. The molecule has 0 heterocycles. The van der Waals surface area contributed by atoms with Crippen LogP contribution in [0.4, 0.5) is 11.4 Å². The Morgan fingerprint density at radius 3 is 2.45 bits per heavy atom. The van der Waals surface area contributed by atoms with Crippen molar-refractivity contribution in [3.05, 3.63) is 65.7 Å². The number of aryl methyl sites for hydroxylation is 1. The third-order valence-corrected chi connectivity index (χ3v) is 4.60. The summed E-state index contributed by atoms with van der Waals surface area (Å²) in [7, 11) is 0. The molecule has 2 amide bonds. The van der Waals surface area contributed by atoms with Crippen LogP contribution >= 0.6 is 11.8 Å².